The molecule has 3 fully saturated rings. The molecule has 3 saturated heterocycles. The van der Waals surface area contributed by atoms with Crippen molar-refractivity contribution in [3.8, 4) is 5.95 Å². The standard InChI is InChI=1S/C21H22F3N7O2/c22-21(23,24)17-25-15-3-1-2-4-16(15)31(17)20-27-18(29-7-9-32-10-8-29)26-19(28-20)30-13-5-6-14(30)12-33-11-13/h1-4,13-14H,5-12H2. The van der Waals surface area contributed by atoms with Crippen LogP contribution in [0.4, 0.5) is 25.1 Å². The van der Waals surface area contributed by atoms with Gasteiger partial charge >= 0.3 is 6.18 Å². The van der Waals surface area contributed by atoms with Crippen LogP contribution in [0.3, 0.4) is 0 Å². The summed E-state index contributed by atoms with van der Waals surface area (Å²) >= 11 is 0. The highest BCUT2D eigenvalue weighted by atomic mass is 19.4. The Balaban J connectivity index is 1.55. The fourth-order valence-electron chi connectivity index (χ4n) is 4.84. The van der Waals surface area contributed by atoms with Gasteiger partial charge in [-0.2, -0.15) is 28.1 Å². The van der Waals surface area contributed by atoms with Crippen LogP contribution in [-0.2, 0) is 15.7 Å². The molecule has 1 aromatic carbocycles. The highest BCUT2D eigenvalue weighted by Gasteiger charge is 2.41. The molecule has 3 aromatic rings. The zero-order valence-corrected chi connectivity index (χ0v) is 17.7. The Morgan fingerprint density at radius 1 is 0.818 bits per heavy atom. The third-order valence-corrected chi connectivity index (χ3v) is 6.38. The van der Waals surface area contributed by atoms with Crippen molar-refractivity contribution < 1.29 is 22.6 Å². The van der Waals surface area contributed by atoms with E-state index in [9.17, 15) is 13.2 Å². The number of fused-ring (bicyclic) bond motifs is 3. The van der Waals surface area contributed by atoms with E-state index in [1.165, 1.54) is 0 Å². The first-order valence-corrected chi connectivity index (χ1v) is 11.0. The number of halogens is 3. The van der Waals surface area contributed by atoms with Crippen molar-refractivity contribution >= 4 is 22.9 Å². The van der Waals surface area contributed by atoms with Crippen molar-refractivity contribution in [1.82, 2.24) is 24.5 Å². The summed E-state index contributed by atoms with van der Waals surface area (Å²) in [4.78, 5) is 21.7. The minimum Gasteiger partial charge on any atom is -0.378 e. The van der Waals surface area contributed by atoms with Gasteiger partial charge in [-0.15, -0.1) is 0 Å². The Morgan fingerprint density at radius 2 is 1.48 bits per heavy atom. The molecule has 2 atom stereocenters. The van der Waals surface area contributed by atoms with Gasteiger partial charge in [0.2, 0.25) is 23.7 Å². The average Bonchev–Trinajstić information content (AvgIpc) is 3.34. The summed E-state index contributed by atoms with van der Waals surface area (Å²) < 4.78 is 54.1. The van der Waals surface area contributed by atoms with Gasteiger partial charge in [-0.25, -0.2) is 4.98 Å². The number of hydrogen-bond donors (Lipinski definition) is 0. The maximum atomic E-state index is 14.0. The topological polar surface area (TPSA) is 81.4 Å². The van der Waals surface area contributed by atoms with Crippen molar-refractivity contribution in [3.63, 3.8) is 0 Å². The molecule has 2 bridgehead atoms. The lowest BCUT2D eigenvalue weighted by Crippen LogP contribution is -2.47. The molecule has 3 aliphatic rings. The van der Waals surface area contributed by atoms with E-state index in [2.05, 4.69) is 19.9 Å². The number of hydrogen-bond acceptors (Lipinski definition) is 8. The van der Waals surface area contributed by atoms with E-state index < -0.39 is 12.0 Å². The van der Waals surface area contributed by atoms with Crippen LogP contribution in [0.25, 0.3) is 17.0 Å². The second kappa shape index (κ2) is 7.80. The molecule has 6 rings (SSSR count). The molecular weight excluding hydrogens is 439 g/mol. The van der Waals surface area contributed by atoms with Gasteiger partial charge < -0.3 is 19.3 Å². The number of benzene rings is 1. The van der Waals surface area contributed by atoms with Crippen molar-refractivity contribution in [2.24, 2.45) is 0 Å². The molecule has 0 saturated carbocycles. The first kappa shape index (κ1) is 20.6. The molecule has 2 aromatic heterocycles. The lowest BCUT2D eigenvalue weighted by molar-refractivity contribution is -0.145. The summed E-state index contributed by atoms with van der Waals surface area (Å²) in [7, 11) is 0. The van der Waals surface area contributed by atoms with Crippen LogP contribution >= 0.6 is 0 Å². The molecular formula is C21H22F3N7O2. The number of imidazole rings is 1. The minimum atomic E-state index is -4.68. The Morgan fingerprint density at radius 3 is 2.21 bits per heavy atom. The van der Waals surface area contributed by atoms with Crippen LogP contribution < -0.4 is 9.80 Å². The molecule has 0 aliphatic carbocycles. The number of nitrogens with zero attached hydrogens (tertiary/aromatic N) is 7. The predicted molar refractivity (Wildman–Crippen MR) is 113 cm³/mol. The van der Waals surface area contributed by atoms with Crippen LogP contribution in [-0.4, -0.2) is 76.1 Å². The first-order chi connectivity index (χ1) is 16.0. The van der Waals surface area contributed by atoms with E-state index in [0.717, 1.165) is 17.4 Å². The maximum absolute atomic E-state index is 14.0. The van der Waals surface area contributed by atoms with Gasteiger partial charge in [0.25, 0.3) is 0 Å². The molecule has 174 valence electrons. The quantitative estimate of drug-likeness (QED) is 0.589. The maximum Gasteiger partial charge on any atom is 0.450 e. The Kier molecular flexibility index (Phi) is 4.87. The number of alkyl halides is 3. The molecule has 5 heterocycles. The Bertz CT molecular complexity index is 1160. The summed E-state index contributed by atoms with van der Waals surface area (Å²) in [5, 5.41) is 0. The van der Waals surface area contributed by atoms with Gasteiger partial charge in [0.1, 0.15) is 0 Å². The summed E-state index contributed by atoms with van der Waals surface area (Å²) in [6.45, 7) is 3.20. The number of para-hydroxylation sites is 2. The van der Waals surface area contributed by atoms with E-state index in [1.54, 1.807) is 24.3 Å². The fraction of sp³-hybridized carbons (Fsp3) is 0.524. The summed E-state index contributed by atoms with van der Waals surface area (Å²) in [6.07, 6.45) is -2.82. The molecule has 12 heteroatoms. The third kappa shape index (κ3) is 3.57. The summed E-state index contributed by atoms with van der Waals surface area (Å²) in [6, 6.07) is 6.66. The van der Waals surface area contributed by atoms with E-state index in [1.807, 2.05) is 4.90 Å². The Labute approximate surface area is 187 Å². The van der Waals surface area contributed by atoms with E-state index in [4.69, 9.17) is 14.5 Å². The lowest BCUT2D eigenvalue weighted by atomic mass is 10.2. The second-order valence-electron chi connectivity index (χ2n) is 8.42. The average molecular weight is 461 g/mol. The van der Waals surface area contributed by atoms with Crippen molar-refractivity contribution in [3.05, 3.63) is 30.1 Å². The predicted octanol–water partition coefficient (Wildman–Crippen LogP) is 2.43. The van der Waals surface area contributed by atoms with Gasteiger partial charge in [-0.3, -0.25) is 4.57 Å². The van der Waals surface area contributed by atoms with Crippen LogP contribution in [0.2, 0.25) is 0 Å². The van der Waals surface area contributed by atoms with Gasteiger partial charge in [-0.05, 0) is 25.0 Å². The third-order valence-electron chi connectivity index (χ3n) is 6.38. The number of aromatic nitrogens is 5. The highest BCUT2D eigenvalue weighted by Crippen LogP contribution is 2.36. The molecule has 0 amide bonds. The molecule has 0 N–H and O–H groups in total. The summed E-state index contributed by atoms with van der Waals surface area (Å²) in [5.41, 5.74) is 0.519. The number of morpholine rings is 2. The number of ether oxygens (including phenoxy) is 2. The molecule has 2 unspecified atom stereocenters. The van der Waals surface area contributed by atoms with Crippen LogP contribution in [0.1, 0.15) is 18.7 Å². The van der Waals surface area contributed by atoms with E-state index >= 15 is 0 Å². The normalized spacial score (nSPS) is 23.5. The molecule has 33 heavy (non-hydrogen) atoms. The van der Waals surface area contributed by atoms with E-state index in [0.29, 0.717) is 56.9 Å². The van der Waals surface area contributed by atoms with Gasteiger partial charge in [-0.1, -0.05) is 12.1 Å². The van der Waals surface area contributed by atoms with Crippen LogP contribution in [0.5, 0.6) is 0 Å². The van der Waals surface area contributed by atoms with Gasteiger partial charge in [0.15, 0.2) is 0 Å². The zero-order chi connectivity index (χ0) is 22.6. The smallest absolute Gasteiger partial charge is 0.378 e. The second-order valence-corrected chi connectivity index (χ2v) is 8.42. The van der Waals surface area contributed by atoms with Gasteiger partial charge in [0.05, 0.1) is 49.5 Å². The minimum absolute atomic E-state index is 0.0894. The van der Waals surface area contributed by atoms with Crippen molar-refractivity contribution in [2.45, 2.75) is 31.1 Å². The van der Waals surface area contributed by atoms with Crippen molar-refractivity contribution in [2.75, 3.05) is 49.3 Å². The van der Waals surface area contributed by atoms with Crippen LogP contribution in [0, 0.1) is 0 Å². The van der Waals surface area contributed by atoms with Gasteiger partial charge in [0, 0.05) is 13.1 Å². The lowest BCUT2D eigenvalue weighted by Gasteiger charge is -2.35. The first-order valence-electron chi connectivity index (χ1n) is 11.0. The highest BCUT2D eigenvalue weighted by molar-refractivity contribution is 5.77. The molecule has 0 spiro atoms. The van der Waals surface area contributed by atoms with Crippen LogP contribution in [0.15, 0.2) is 24.3 Å². The number of anilines is 2. The SMILES string of the molecule is FC(F)(F)c1nc2ccccc2n1-c1nc(N2CCOCC2)nc(N2C3CCC2COC3)n1. The summed E-state index contributed by atoms with van der Waals surface area (Å²) in [5.74, 6) is -0.426. The monoisotopic (exact) mass is 461 g/mol. The largest absolute Gasteiger partial charge is 0.450 e. The number of rotatable bonds is 3. The Hall–Kier alpha value is -2.99. The fourth-order valence-corrected chi connectivity index (χ4v) is 4.84. The molecule has 0 radical (unpaired) electrons. The van der Waals surface area contributed by atoms with Crippen molar-refractivity contribution in [1.29, 1.82) is 0 Å². The molecule has 3 aliphatic heterocycles. The molecule has 9 nitrogen and oxygen atoms in total. The van der Waals surface area contributed by atoms with E-state index in [-0.39, 0.29) is 23.5 Å². The zero-order valence-electron chi connectivity index (χ0n) is 17.7.